The molecule has 1 aromatic carbocycles. The summed E-state index contributed by atoms with van der Waals surface area (Å²) in [5, 5.41) is 22.4. The molecule has 0 saturated carbocycles. The number of aromatic nitrogens is 3. The number of nitrogens with one attached hydrogen (secondary N) is 1. The zero-order chi connectivity index (χ0) is 18.4. The van der Waals surface area contributed by atoms with E-state index in [1.165, 1.54) is 37.2 Å². The number of unbranched alkanes of at least 4 members (excludes halogenated alkanes) is 1. The Morgan fingerprint density at radius 2 is 2.12 bits per heavy atom. The lowest BCUT2D eigenvalue weighted by Crippen LogP contribution is -2.01. The number of nitrogens with zero attached hydrogens (tertiary/aromatic N) is 4. The predicted molar refractivity (Wildman–Crippen MR) is 95.2 cm³/mol. The number of aromatic amines is 1. The number of H-pyrrole nitrogens is 1. The molecule has 134 valence electrons. The Balaban J connectivity index is 2.44. The molecule has 10 heteroatoms. The molecule has 0 spiro atoms. The highest BCUT2D eigenvalue weighted by Crippen LogP contribution is 2.33. The second kappa shape index (κ2) is 8.38. The van der Waals surface area contributed by atoms with E-state index >= 15 is 0 Å². The van der Waals surface area contributed by atoms with Gasteiger partial charge in [0, 0.05) is 24.1 Å². The van der Waals surface area contributed by atoms with Crippen molar-refractivity contribution in [3.63, 3.8) is 0 Å². The molecule has 0 bridgehead atoms. The summed E-state index contributed by atoms with van der Waals surface area (Å²) in [6, 6.07) is 2.79. The van der Waals surface area contributed by atoms with E-state index in [-0.39, 0.29) is 11.4 Å². The maximum absolute atomic E-state index is 11.2. The van der Waals surface area contributed by atoms with Gasteiger partial charge in [-0.1, -0.05) is 13.3 Å². The van der Waals surface area contributed by atoms with Crippen LogP contribution in [-0.4, -0.2) is 40.2 Å². The highest BCUT2D eigenvalue weighted by molar-refractivity contribution is 7.71. The fraction of sp³-hybridized carbons (Fsp3) is 0.400. The zero-order valence-electron chi connectivity index (χ0n) is 14.2. The van der Waals surface area contributed by atoms with Crippen molar-refractivity contribution in [3.8, 4) is 11.5 Å². The summed E-state index contributed by atoms with van der Waals surface area (Å²) in [5.74, 6) is 1.21. The Kier molecular flexibility index (Phi) is 6.23. The molecule has 0 saturated heterocycles. The number of aryl methyl sites for hydroxylation is 1. The molecule has 1 heterocycles. The third kappa shape index (κ3) is 4.21. The topological polar surface area (TPSA) is 108 Å². The van der Waals surface area contributed by atoms with Crippen LogP contribution in [-0.2, 0) is 6.42 Å². The van der Waals surface area contributed by atoms with Crippen LogP contribution in [0.4, 0.5) is 5.69 Å². The first-order valence-electron chi connectivity index (χ1n) is 7.62. The van der Waals surface area contributed by atoms with E-state index in [4.69, 9.17) is 21.7 Å². The van der Waals surface area contributed by atoms with Gasteiger partial charge in [-0.2, -0.15) is 14.9 Å². The molecule has 0 aliphatic heterocycles. The first-order chi connectivity index (χ1) is 12.0. The van der Waals surface area contributed by atoms with Gasteiger partial charge in [0.25, 0.3) is 0 Å². The van der Waals surface area contributed by atoms with E-state index in [1.807, 2.05) is 0 Å². The number of benzene rings is 1. The fourth-order valence-corrected chi connectivity index (χ4v) is 2.41. The molecule has 0 unspecified atom stereocenters. The number of hydrogen-bond acceptors (Lipinski definition) is 7. The smallest absolute Gasteiger partial charge is 0.311 e. The van der Waals surface area contributed by atoms with E-state index in [0.29, 0.717) is 21.9 Å². The number of hydrogen-bond donors (Lipinski definition) is 1. The van der Waals surface area contributed by atoms with Crippen LogP contribution in [0.5, 0.6) is 11.5 Å². The molecule has 2 aromatic rings. The Hall–Kier alpha value is -2.75. The van der Waals surface area contributed by atoms with Crippen molar-refractivity contribution >= 4 is 24.1 Å². The summed E-state index contributed by atoms with van der Waals surface area (Å²) in [6.45, 7) is 2.08. The van der Waals surface area contributed by atoms with Gasteiger partial charge < -0.3 is 9.47 Å². The van der Waals surface area contributed by atoms with Crippen molar-refractivity contribution in [1.82, 2.24) is 14.9 Å². The highest BCUT2D eigenvalue weighted by atomic mass is 32.1. The van der Waals surface area contributed by atoms with E-state index in [1.54, 1.807) is 0 Å². The lowest BCUT2D eigenvalue weighted by atomic mass is 10.1. The average Bonchev–Trinajstić information content (AvgIpc) is 2.96. The van der Waals surface area contributed by atoms with Crippen molar-refractivity contribution < 1.29 is 14.4 Å². The first-order valence-corrected chi connectivity index (χ1v) is 8.03. The minimum absolute atomic E-state index is 0.113. The molecule has 25 heavy (non-hydrogen) atoms. The molecule has 0 amide bonds. The summed E-state index contributed by atoms with van der Waals surface area (Å²) in [4.78, 5) is 10.7. The van der Waals surface area contributed by atoms with Gasteiger partial charge >= 0.3 is 5.69 Å². The Morgan fingerprint density at radius 1 is 1.40 bits per heavy atom. The van der Waals surface area contributed by atoms with Crippen LogP contribution in [0, 0.1) is 14.9 Å². The van der Waals surface area contributed by atoms with Gasteiger partial charge in [-0.25, -0.2) is 0 Å². The number of ether oxygens (including phenoxy) is 2. The molecule has 0 fully saturated rings. The Labute approximate surface area is 149 Å². The molecule has 1 N–H and O–H groups in total. The Bertz CT molecular complexity index is 843. The molecule has 0 aliphatic carbocycles. The van der Waals surface area contributed by atoms with Crippen LogP contribution < -0.4 is 9.47 Å². The van der Waals surface area contributed by atoms with Crippen LogP contribution in [0.1, 0.15) is 31.2 Å². The molecular formula is C15H19N5O4S. The summed E-state index contributed by atoms with van der Waals surface area (Å²) in [7, 11) is 2.83. The van der Waals surface area contributed by atoms with Gasteiger partial charge in [0.2, 0.25) is 10.5 Å². The van der Waals surface area contributed by atoms with Crippen LogP contribution in [0.3, 0.4) is 0 Å². The lowest BCUT2D eigenvalue weighted by Gasteiger charge is -2.08. The fourth-order valence-electron chi connectivity index (χ4n) is 2.21. The lowest BCUT2D eigenvalue weighted by molar-refractivity contribution is -0.385. The number of nitro benzene ring substituents is 1. The van der Waals surface area contributed by atoms with Crippen molar-refractivity contribution in [3.05, 3.63) is 38.4 Å². The van der Waals surface area contributed by atoms with Gasteiger partial charge in [0.1, 0.15) is 5.75 Å². The third-order valence-electron chi connectivity index (χ3n) is 3.51. The van der Waals surface area contributed by atoms with Crippen molar-refractivity contribution in [1.29, 1.82) is 0 Å². The van der Waals surface area contributed by atoms with Gasteiger partial charge in [0.05, 0.1) is 25.4 Å². The molecule has 2 rings (SSSR count). The Morgan fingerprint density at radius 3 is 2.72 bits per heavy atom. The maximum atomic E-state index is 11.2. The molecule has 9 nitrogen and oxygen atoms in total. The third-order valence-corrected chi connectivity index (χ3v) is 3.78. The predicted octanol–water partition coefficient (Wildman–Crippen LogP) is 3.09. The van der Waals surface area contributed by atoms with E-state index in [2.05, 4.69) is 22.2 Å². The molecule has 1 aromatic heterocycles. The van der Waals surface area contributed by atoms with E-state index in [9.17, 15) is 10.1 Å². The van der Waals surface area contributed by atoms with E-state index < -0.39 is 4.92 Å². The van der Waals surface area contributed by atoms with Gasteiger partial charge in [-0.05, 0) is 18.6 Å². The van der Waals surface area contributed by atoms with E-state index in [0.717, 1.165) is 19.3 Å². The monoisotopic (exact) mass is 365 g/mol. The molecular weight excluding hydrogens is 346 g/mol. The second-order valence-corrected chi connectivity index (χ2v) is 5.51. The van der Waals surface area contributed by atoms with Crippen molar-refractivity contribution in [2.24, 2.45) is 5.10 Å². The average molecular weight is 365 g/mol. The summed E-state index contributed by atoms with van der Waals surface area (Å²) < 4.78 is 12.2. The summed E-state index contributed by atoms with van der Waals surface area (Å²) >= 11 is 5.18. The largest absolute Gasteiger partial charge is 0.496 e. The van der Waals surface area contributed by atoms with Crippen LogP contribution >= 0.6 is 12.2 Å². The normalized spacial score (nSPS) is 11.0. The van der Waals surface area contributed by atoms with Gasteiger partial charge in [-0.3, -0.25) is 15.2 Å². The maximum Gasteiger partial charge on any atom is 0.311 e. The SMILES string of the molecule is CCCCc1n[nH]c(=S)n1/N=C\c1cc([N+](=O)[O-])c(OC)cc1OC. The standard InChI is InChI=1S/C15H19N5O4S/c1-4-5-6-14-17-18-15(25)19(14)16-9-10-7-11(20(21)22)13(24-3)8-12(10)23-2/h7-9H,4-6H2,1-3H3,(H,18,25)/b16-9-. The first kappa shape index (κ1) is 18.6. The zero-order valence-corrected chi connectivity index (χ0v) is 15.0. The number of nitro groups is 1. The van der Waals surface area contributed by atoms with Crippen molar-refractivity contribution in [2.75, 3.05) is 14.2 Å². The highest BCUT2D eigenvalue weighted by Gasteiger charge is 2.19. The van der Waals surface area contributed by atoms with Crippen molar-refractivity contribution in [2.45, 2.75) is 26.2 Å². The van der Waals surface area contributed by atoms with Gasteiger partial charge in [0.15, 0.2) is 5.82 Å². The summed E-state index contributed by atoms with van der Waals surface area (Å²) in [5.41, 5.74) is 0.256. The molecule has 0 aliphatic rings. The molecule has 0 atom stereocenters. The second-order valence-electron chi connectivity index (χ2n) is 5.13. The van der Waals surface area contributed by atoms with Crippen LogP contribution in [0.25, 0.3) is 0 Å². The summed E-state index contributed by atoms with van der Waals surface area (Å²) in [6.07, 6.45) is 4.14. The minimum Gasteiger partial charge on any atom is -0.496 e. The quantitative estimate of drug-likeness (QED) is 0.333. The van der Waals surface area contributed by atoms with Gasteiger partial charge in [-0.15, -0.1) is 0 Å². The van der Waals surface area contributed by atoms with Crippen LogP contribution in [0.15, 0.2) is 17.2 Å². The number of methoxy groups -OCH3 is 2. The number of rotatable bonds is 8. The molecule has 0 radical (unpaired) electrons. The minimum atomic E-state index is -0.522. The van der Waals surface area contributed by atoms with Crippen LogP contribution in [0.2, 0.25) is 0 Å².